The van der Waals surface area contributed by atoms with Crippen molar-refractivity contribution in [3.05, 3.63) is 51.8 Å². The minimum Gasteiger partial charge on any atom is -0.478 e. The number of nitrogens with one attached hydrogen (secondary N) is 1. The predicted octanol–water partition coefficient (Wildman–Crippen LogP) is 1.82. The first-order chi connectivity index (χ1) is 13.0. The van der Waals surface area contributed by atoms with Gasteiger partial charge in [0.1, 0.15) is 0 Å². The molecule has 7 nitrogen and oxygen atoms in total. The molecule has 1 N–H and O–H groups in total. The van der Waals surface area contributed by atoms with Crippen LogP contribution >= 0.6 is 0 Å². The summed E-state index contributed by atoms with van der Waals surface area (Å²) in [6.45, 7) is 2.82. The van der Waals surface area contributed by atoms with Crippen LogP contribution in [0.15, 0.2) is 29.1 Å². The Hall–Kier alpha value is -2.81. The number of ether oxygens (including phenoxy) is 2. The van der Waals surface area contributed by atoms with E-state index in [9.17, 15) is 18.4 Å². The molecular weight excluding hydrogens is 360 g/mol. The normalized spacial score (nSPS) is 16.3. The molecule has 1 aromatic carbocycles. The number of hydrogen-bond donors (Lipinski definition) is 1. The van der Waals surface area contributed by atoms with Gasteiger partial charge in [-0.1, -0.05) is 0 Å². The van der Waals surface area contributed by atoms with Crippen LogP contribution in [0.2, 0.25) is 0 Å². The molecule has 0 radical (unpaired) electrons. The molecule has 1 aliphatic rings. The third-order valence-electron chi connectivity index (χ3n) is 4.07. The highest BCUT2D eigenvalue weighted by atomic mass is 19.2. The summed E-state index contributed by atoms with van der Waals surface area (Å²) in [5.74, 6) is -2.76. The molecule has 1 aromatic heterocycles. The summed E-state index contributed by atoms with van der Waals surface area (Å²) in [5.41, 5.74) is -0.895. The molecule has 0 unspecified atom stereocenters. The lowest BCUT2D eigenvalue weighted by Gasteiger charge is -2.14. The van der Waals surface area contributed by atoms with Gasteiger partial charge in [-0.05, 0) is 31.9 Å². The first-order valence-corrected chi connectivity index (χ1v) is 8.62. The first-order valence-electron chi connectivity index (χ1n) is 8.62. The average molecular weight is 379 g/mol. The highest BCUT2D eigenvalue weighted by molar-refractivity contribution is 5.92. The minimum absolute atomic E-state index is 0.0178. The van der Waals surface area contributed by atoms with Gasteiger partial charge in [0.2, 0.25) is 11.3 Å². The van der Waals surface area contributed by atoms with Crippen LogP contribution in [0.25, 0.3) is 5.69 Å². The quantitative estimate of drug-likeness (QED) is 0.828. The van der Waals surface area contributed by atoms with Gasteiger partial charge < -0.3 is 14.8 Å². The van der Waals surface area contributed by atoms with Gasteiger partial charge in [-0.25, -0.2) is 13.5 Å². The molecule has 2 heterocycles. The Kier molecular flexibility index (Phi) is 5.80. The van der Waals surface area contributed by atoms with Crippen molar-refractivity contribution in [2.45, 2.75) is 25.9 Å². The van der Waals surface area contributed by atoms with E-state index in [1.54, 1.807) is 6.92 Å². The minimum atomic E-state index is -1.08. The van der Waals surface area contributed by atoms with Gasteiger partial charge in [0.15, 0.2) is 17.3 Å². The number of carbonyl (C=O) groups excluding carboxylic acids is 1. The van der Waals surface area contributed by atoms with Crippen LogP contribution in [0.4, 0.5) is 8.78 Å². The maximum atomic E-state index is 13.6. The van der Waals surface area contributed by atoms with Gasteiger partial charge >= 0.3 is 0 Å². The fraction of sp³-hybridized carbons (Fsp3) is 0.389. The summed E-state index contributed by atoms with van der Waals surface area (Å²) in [6, 6.07) is 4.20. The van der Waals surface area contributed by atoms with E-state index in [4.69, 9.17) is 9.47 Å². The zero-order valence-electron chi connectivity index (χ0n) is 14.7. The molecule has 0 bridgehead atoms. The number of benzene rings is 1. The molecule has 144 valence electrons. The summed E-state index contributed by atoms with van der Waals surface area (Å²) in [6.07, 6.45) is 1.66. The van der Waals surface area contributed by atoms with Crippen molar-refractivity contribution in [1.82, 2.24) is 15.1 Å². The van der Waals surface area contributed by atoms with Crippen molar-refractivity contribution in [2.75, 3.05) is 19.8 Å². The standard InChI is InChI=1S/C18H19F2N3O4/c1-2-26-16-9-15(24)17(18(25)21-10-12-4-3-7-27-12)22-23(16)11-5-6-13(19)14(20)8-11/h5-6,8-9,12H,2-4,7,10H2,1H3,(H,21,25)/t12-/m0/s1. The highest BCUT2D eigenvalue weighted by Gasteiger charge is 2.21. The molecule has 0 spiro atoms. The molecule has 1 fully saturated rings. The molecule has 1 amide bonds. The van der Waals surface area contributed by atoms with E-state index < -0.39 is 23.0 Å². The van der Waals surface area contributed by atoms with Crippen molar-refractivity contribution < 1.29 is 23.0 Å². The third-order valence-corrected chi connectivity index (χ3v) is 4.07. The maximum absolute atomic E-state index is 13.6. The fourth-order valence-electron chi connectivity index (χ4n) is 2.75. The number of hydrogen-bond acceptors (Lipinski definition) is 5. The molecule has 1 atom stereocenters. The van der Waals surface area contributed by atoms with Gasteiger partial charge in [0.25, 0.3) is 5.91 Å². The Balaban J connectivity index is 1.93. The molecule has 0 aliphatic carbocycles. The number of nitrogens with zero attached hydrogens (tertiary/aromatic N) is 2. The predicted molar refractivity (Wildman–Crippen MR) is 92.2 cm³/mol. The van der Waals surface area contributed by atoms with E-state index in [0.717, 1.165) is 35.7 Å². The summed E-state index contributed by atoms with van der Waals surface area (Å²) in [7, 11) is 0. The van der Waals surface area contributed by atoms with Gasteiger partial charge in [-0.15, -0.1) is 0 Å². The number of halogens is 2. The van der Waals surface area contributed by atoms with Gasteiger partial charge in [0, 0.05) is 19.2 Å². The maximum Gasteiger partial charge on any atom is 0.275 e. The summed E-state index contributed by atoms with van der Waals surface area (Å²) >= 11 is 0. The first kappa shape index (κ1) is 19.0. The van der Waals surface area contributed by atoms with E-state index in [-0.39, 0.29) is 36.5 Å². The lowest BCUT2D eigenvalue weighted by atomic mass is 10.2. The smallest absolute Gasteiger partial charge is 0.275 e. The molecule has 1 aliphatic heterocycles. The molecule has 9 heteroatoms. The molecule has 1 saturated heterocycles. The number of rotatable bonds is 6. The Morgan fingerprint density at radius 1 is 1.37 bits per heavy atom. The third kappa shape index (κ3) is 4.30. The van der Waals surface area contributed by atoms with E-state index >= 15 is 0 Å². The van der Waals surface area contributed by atoms with Crippen molar-refractivity contribution >= 4 is 5.91 Å². The van der Waals surface area contributed by atoms with Crippen LogP contribution in [0.1, 0.15) is 30.3 Å². The summed E-state index contributed by atoms with van der Waals surface area (Å²) in [4.78, 5) is 24.7. The molecule has 2 aromatic rings. The second kappa shape index (κ2) is 8.26. The number of aromatic nitrogens is 2. The average Bonchev–Trinajstić information content (AvgIpc) is 3.16. The summed E-state index contributed by atoms with van der Waals surface area (Å²) < 4.78 is 38.7. The van der Waals surface area contributed by atoms with Crippen molar-refractivity contribution in [3.63, 3.8) is 0 Å². The summed E-state index contributed by atoms with van der Waals surface area (Å²) in [5, 5.41) is 6.63. The SMILES string of the molecule is CCOc1cc(=O)c(C(=O)NC[C@@H]2CCCO2)nn1-c1ccc(F)c(F)c1. The highest BCUT2D eigenvalue weighted by Crippen LogP contribution is 2.18. The van der Waals surface area contributed by atoms with Gasteiger partial charge in [0.05, 0.1) is 24.5 Å². The number of carbonyl (C=O) groups is 1. The fourth-order valence-corrected chi connectivity index (χ4v) is 2.75. The second-order valence-corrected chi connectivity index (χ2v) is 5.98. The van der Waals surface area contributed by atoms with Crippen LogP contribution in [0.3, 0.4) is 0 Å². The largest absolute Gasteiger partial charge is 0.478 e. The topological polar surface area (TPSA) is 82.5 Å². The van der Waals surface area contributed by atoms with E-state index in [0.29, 0.717) is 6.61 Å². The molecule has 3 rings (SSSR count). The Morgan fingerprint density at radius 3 is 2.85 bits per heavy atom. The van der Waals surface area contributed by atoms with E-state index in [2.05, 4.69) is 10.4 Å². The van der Waals surface area contributed by atoms with Gasteiger partial charge in [-0.3, -0.25) is 9.59 Å². The van der Waals surface area contributed by atoms with Crippen LogP contribution in [-0.4, -0.2) is 41.6 Å². The van der Waals surface area contributed by atoms with Crippen LogP contribution in [-0.2, 0) is 4.74 Å². The van der Waals surface area contributed by atoms with Crippen LogP contribution in [0.5, 0.6) is 5.88 Å². The Bertz CT molecular complexity index is 895. The molecule has 27 heavy (non-hydrogen) atoms. The van der Waals surface area contributed by atoms with E-state index in [1.807, 2.05) is 0 Å². The van der Waals surface area contributed by atoms with Crippen molar-refractivity contribution in [2.24, 2.45) is 0 Å². The monoisotopic (exact) mass is 379 g/mol. The van der Waals surface area contributed by atoms with Crippen LogP contribution in [0, 0.1) is 11.6 Å². The Morgan fingerprint density at radius 2 is 2.19 bits per heavy atom. The van der Waals surface area contributed by atoms with Crippen molar-refractivity contribution in [3.8, 4) is 11.6 Å². The lowest BCUT2D eigenvalue weighted by molar-refractivity contribution is 0.0851. The second-order valence-electron chi connectivity index (χ2n) is 5.98. The zero-order valence-corrected chi connectivity index (χ0v) is 14.7. The molecular formula is C18H19F2N3O4. The zero-order chi connectivity index (χ0) is 19.4. The Labute approximate surface area is 153 Å². The number of amides is 1. The van der Waals surface area contributed by atoms with E-state index in [1.165, 1.54) is 6.07 Å². The lowest BCUT2D eigenvalue weighted by Crippen LogP contribution is -2.36. The van der Waals surface area contributed by atoms with Crippen molar-refractivity contribution in [1.29, 1.82) is 0 Å². The van der Waals surface area contributed by atoms with Gasteiger partial charge in [-0.2, -0.15) is 5.10 Å². The molecule has 0 saturated carbocycles. The van der Waals surface area contributed by atoms with Crippen LogP contribution < -0.4 is 15.5 Å².